The molecule has 1 heteroatoms. The average molecular weight is 289 g/mol. The highest BCUT2D eigenvalue weighted by Crippen LogP contribution is 2.34. The van der Waals surface area contributed by atoms with E-state index in [1.807, 2.05) is 23.9 Å². The normalized spacial score (nSPS) is 10.5. The molecule has 0 bridgehead atoms. The highest BCUT2D eigenvalue weighted by molar-refractivity contribution is 7.98. The van der Waals surface area contributed by atoms with Gasteiger partial charge in [-0.15, -0.1) is 11.8 Å². The Morgan fingerprint density at radius 1 is 0.857 bits per heavy atom. The molecule has 21 heavy (non-hydrogen) atoms. The van der Waals surface area contributed by atoms with Crippen LogP contribution in [0.3, 0.4) is 0 Å². The van der Waals surface area contributed by atoms with Crippen molar-refractivity contribution in [2.45, 2.75) is 17.6 Å². The molecule has 0 unspecified atom stereocenters. The summed E-state index contributed by atoms with van der Waals surface area (Å²) in [7, 11) is 0. The first-order chi connectivity index (χ1) is 10.3. The van der Waals surface area contributed by atoms with Crippen LogP contribution in [0.15, 0.2) is 77.7 Å². The maximum Gasteiger partial charge on any atom is 0.0232 e. The molecule has 0 aliphatic rings. The lowest BCUT2D eigenvalue weighted by Gasteiger charge is -2.11. The molecule has 0 fully saturated rings. The summed E-state index contributed by atoms with van der Waals surface area (Å²) in [6.45, 7) is 2.14. The Bertz CT molecular complexity index is 717. The van der Waals surface area contributed by atoms with Crippen molar-refractivity contribution >= 4 is 11.8 Å². The Morgan fingerprint density at radius 3 is 2.43 bits per heavy atom. The predicted molar refractivity (Wildman–Crippen MR) is 91.5 cm³/mol. The van der Waals surface area contributed by atoms with E-state index in [9.17, 15) is 0 Å². The minimum absolute atomic E-state index is 0.990. The number of benzene rings is 3. The number of hydrogen-bond donors (Lipinski definition) is 0. The molecule has 1 radical (unpaired) electrons. The third kappa shape index (κ3) is 3.37. The van der Waals surface area contributed by atoms with Crippen LogP contribution >= 0.6 is 11.8 Å². The van der Waals surface area contributed by atoms with Gasteiger partial charge in [0.05, 0.1) is 0 Å². The fourth-order valence-corrected chi connectivity index (χ4v) is 3.36. The molecule has 3 aromatic rings. The van der Waals surface area contributed by atoms with Crippen molar-refractivity contribution in [3.8, 4) is 11.1 Å². The highest BCUT2D eigenvalue weighted by atomic mass is 32.2. The van der Waals surface area contributed by atoms with Gasteiger partial charge in [0.1, 0.15) is 0 Å². The van der Waals surface area contributed by atoms with E-state index in [4.69, 9.17) is 0 Å². The Morgan fingerprint density at radius 2 is 1.62 bits per heavy atom. The summed E-state index contributed by atoms with van der Waals surface area (Å²) in [6, 6.07) is 28.7. The van der Waals surface area contributed by atoms with Crippen LogP contribution in [-0.4, -0.2) is 0 Å². The number of thioether (sulfide) groups is 1. The molecule has 0 saturated heterocycles. The number of aryl methyl sites for hydroxylation is 1. The van der Waals surface area contributed by atoms with E-state index in [0.29, 0.717) is 0 Å². The van der Waals surface area contributed by atoms with Gasteiger partial charge in [-0.25, -0.2) is 0 Å². The molecule has 0 amide bonds. The van der Waals surface area contributed by atoms with Gasteiger partial charge >= 0.3 is 0 Å². The third-order valence-corrected chi connectivity index (χ3v) is 4.60. The van der Waals surface area contributed by atoms with Crippen LogP contribution in [0.5, 0.6) is 0 Å². The molecular weight excluding hydrogens is 272 g/mol. The fourth-order valence-electron chi connectivity index (χ4n) is 2.35. The SMILES string of the molecule is Cc1ccc[c]c1-c1ccccc1SCc1ccccc1. The molecule has 0 aliphatic heterocycles. The van der Waals surface area contributed by atoms with E-state index in [1.54, 1.807) is 0 Å². The monoisotopic (exact) mass is 289 g/mol. The summed E-state index contributed by atoms with van der Waals surface area (Å²) in [5.41, 5.74) is 5.10. The van der Waals surface area contributed by atoms with Gasteiger partial charge in [-0.2, -0.15) is 0 Å². The Hall–Kier alpha value is -1.99. The summed E-state index contributed by atoms with van der Waals surface area (Å²) in [5, 5.41) is 0. The van der Waals surface area contributed by atoms with Gasteiger partial charge in [0.15, 0.2) is 0 Å². The van der Waals surface area contributed by atoms with Crippen molar-refractivity contribution in [3.63, 3.8) is 0 Å². The van der Waals surface area contributed by atoms with E-state index in [2.05, 4.69) is 73.7 Å². The van der Waals surface area contributed by atoms with Crippen molar-refractivity contribution in [2.24, 2.45) is 0 Å². The molecule has 0 heterocycles. The lowest BCUT2D eigenvalue weighted by Crippen LogP contribution is -1.87. The zero-order valence-corrected chi connectivity index (χ0v) is 12.9. The Balaban J connectivity index is 1.88. The van der Waals surface area contributed by atoms with Crippen molar-refractivity contribution in [2.75, 3.05) is 0 Å². The molecule has 0 nitrogen and oxygen atoms in total. The molecule has 0 N–H and O–H groups in total. The van der Waals surface area contributed by atoms with Crippen LogP contribution in [0, 0.1) is 13.0 Å². The molecular formula is C20H17S. The quantitative estimate of drug-likeness (QED) is 0.551. The van der Waals surface area contributed by atoms with Crippen LogP contribution in [0.2, 0.25) is 0 Å². The van der Waals surface area contributed by atoms with Crippen LogP contribution in [0.25, 0.3) is 11.1 Å². The van der Waals surface area contributed by atoms with Gasteiger partial charge in [-0.1, -0.05) is 66.7 Å². The first kappa shape index (κ1) is 14.0. The standard InChI is InChI=1S/C20H17S/c1-16-9-5-6-12-18(16)19-13-7-8-14-20(19)21-15-17-10-3-2-4-11-17/h2-11,13-14H,15H2,1H3. The molecule has 103 valence electrons. The van der Waals surface area contributed by atoms with E-state index in [0.717, 1.165) is 5.75 Å². The summed E-state index contributed by atoms with van der Waals surface area (Å²) < 4.78 is 0. The molecule has 0 aliphatic carbocycles. The summed E-state index contributed by atoms with van der Waals surface area (Å²) in [6.07, 6.45) is 0. The van der Waals surface area contributed by atoms with Crippen molar-refractivity contribution < 1.29 is 0 Å². The van der Waals surface area contributed by atoms with Crippen LogP contribution in [-0.2, 0) is 5.75 Å². The van der Waals surface area contributed by atoms with Gasteiger partial charge in [0.25, 0.3) is 0 Å². The van der Waals surface area contributed by atoms with Crippen LogP contribution in [0.1, 0.15) is 11.1 Å². The van der Waals surface area contributed by atoms with Gasteiger partial charge in [0.2, 0.25) is 0 Å². The summed E-state index contributed by atoms with van der Waals surface area (Å²) >= 11 is 1.88. The lowest BCUT2D eigenvalue weighted by molar-refractivity contribution is 1.36. The zero-order valence-electron chi connectivity index (χ0n) is 12.0. The molecule has 3 aromatic carbocycles. The predicted octanol–water partition coefficient (Wildman–Crippen LogP) is 5.75. The van der Waals surface area contributed by atoms with Gasteiger partial charge in [0, 0.05) is 10.6 Å². The molecule has 0 atom stereocenters. The minimum Gasteiger partial charge on any atom is -0.121 e. The van der Waals surface area contributed by atoms with Gasteiger partial charge in [-0.05, 0) is 41.3 Å². The smallest absolute Gasteiger partial charge is 0.0232 e. The number of rotatable bonds is 4. The van der Waals surface area contributed by atoms with Crippen LogP contribution in [0.4, 0.5) is 0 Å². The lowest BCUT2D eigenvalue weighted by atomic mass is 10.0. The van der Waals surface area contributed by atoms with Gasteiger partial charge in [-0.3, -0.25) is 0 Å². The second-order valence-corrected chi connectivity index (χ2v) is 6.02. The van der Waals surface area contributed by atoms with Crippen LogP contribution < -0.4 is 0 Å². The maximum absolute atomic E-state index is 3.38. The van der Waals surface area contributed by atoms with Crippen molar-refractivity contribution in [1.29, 1.82) is 0 Å². The van der Waals surface area contributed by atoms with Crippen molar-refractivity contribution in [1.82, 2.24) is 0 Å². The first-order valence-corrected chi connectivity index (χ1v) is 8.06. The fraction of sp³-hybridized carbons (Fsp3) is 0.100. The largest absolute Gasteiger partial charge is 0.121 e. The molecule has 0 saturated carbocycles. The first-order valence-electron chi connectivity index (χ1n) is 7.08. The summed E-state index contributed by atoms with van der Waals surface area (Å²) in [5.74, 6) is 0.990. The second kappa shape index (κ2) is 6.64. The van der Waals surface area contributed by atoms with E-state index in [1.165, 1.54) is 27.1 Å². The van der Waals surface area contributed by atoms with E-state index >= 15 is 0 Å². The Kier molecular flexibility index (Phi) is 4.42. The molecule has 0 aromatic heterocycles. The minimum atomic E-state index is 0.990. The Labute approximate surface area is 130 Å². The average Bonchev–Trinajstić information content (AvgIpc) is 2.55. The summed E-state index contributed by atoms with van der Waals surface area (Å²) in [4.78, 5) is 1.31. The molecule has 3 rings (SSSR count). The highest BCUT2D eigenvalue weighted by Gasteiger charge is 2.07. The zero-order chi connectivity index (χ0) is 14.5. The topological polar surface area (TPSA) is 0 Å². The van der Waals surface area contributed by atoms with Crippen molar-refractivity contribution in [3.05, 3.63) is 90.0 Å². The van der Waals surface area contributed by atoms with E-state index in [-0.39, 0.29) is 0 Å². The third-order valence-electron chi connectivity index (χ3n) is 3.46. The van der Waals surface area contributed by atoms with Gasteiger partial charge < -0.3 is 0 Å². The van der Waals surface area contributed by atoms with E-state index < -0.39 is 0 Å². The maximum atomic E-state index is 3.38. The second-order valence-electron chi connectivity index (χ2n) is 5.00. The number of hydrogen-bond acceptors (Lipinski definition) is 1. The molecule has 0 spiro atoms.